The van der Waals surface area contributed by atoms with Crippen molar-refractivity contribution >= 4 is 43.5 Å². The molecule has 0 radical (unpaired) electrons. The Morgan fingerprint density at radius 3 is 2.63 bits per heavy atom. The Kier molecular flexibility index (Phi) is 8.08. The van der Waals surface area contributed by atoms with E-state index in [1.54, 1.807) is 0 Å². The summed E-state index contributed by atoms with van der Waals surface area (Å²) in [6, 6.07) is 5.28. The fourth-order valence-corrected chi connectivity index (χ4v) is 6.05. The van der Waals surface area contributed by atoms with Crippen molar-refractivity contribution < 1.29 is 22.7 Å². The van der Waals surface area contributed by atoms with Crippen molar-refractivity contribution in [1.82, 2.24) is 19.6 Å². The molecule has 206 valence electrons. The van der Waals surface area contributed by atoms with Crippen LogP contribution in [0.1, 0.15) is 66.3 Å². The van der Waals surface area contributed by atoms with Crippen LogP contribution >= 0.6 is 11.3 Å². The van der Waals surface area contributed by atoms with Crippen LogP contribution in [-0.4, -0.2) is 54.4 Å². The fourth-order valence-electron chi connectivity index (χ4n) is 4.58. The van der Waals surface area contributed by atoms with Gasteiger partial charge in [0.2, 0.25) is 0 Å². The van der Waals surface area contributed by atoms with Gasteiger partial charge in [0.15, 0.2) is 5.01 Å². The molecule has 0 bridgehead atoms. The molecule has 1 amide bonds. The lowest BCUT2D eigenvalue weighted by Crippen LogP contribution is -2.30. The number of pyridine rings is 1. The smallest absolute Gasteiger partial charge is 0.301 e. The predicted molar refractivity (Wildman–Crippen MR) is 147 cm³/mol. The molecule has 0 unspecified atom stereocenters. The number of nitrogens with one attached hydrogen (secondary N) is 2. The third kappa shape index (κ3) is 6.14. The summed E-state index contributed by atoms with van der Waals surface area (Å²) < 4.78 is 41.9. The maximum atomic E-state index is 14.8. The summed E-state index contributed by atoms with van der Waals surface area (Å²) in [4.78, 5) is 23.2. The monoisotopic (exact) mass is 563 g/mol. The number of carbonyl (C=O) groups is 1. The second-order valence-corrected chi connectivity index (χ2v) is 13.8. The molecule has 0 fully saturated rings. The summed E-state index contributed by atoms with van der Waals surface area (Å²) in [5.41, 5.74) is 3.30. The van der Waals surface area contributed by atoms with Gasteiger partial charge in [-0.25, -0.2) is 14.4 Å². The van der Waals surface area contributed by atoms with Gasteiger partial charge in [-0.15, -0.1) is 0 Å². The van der Waals surface area contributed by atoms with Crippen molar-refractivity contribution in [1.29, 1.82) is 0 Å². The minimum Gasteiger partial charge on any atom is -0.396 e. The van der Waals surface area contributed by atoms with Crippen LogP contribution in [0.4, 0.5) is 10.1 Å². The van der Waals surface area contributed by atoms with Crippen LogP contribution < -0.4 is 10.0 Å². The summed E-state index contributed by atoms with van der Waals surface area (Å²) in [7, 11) is -1.22. The molecule has 1 aromatic carbocycles. The van der Waals surface area contributed by atoms with Crippen molar-refractivity contribution in [3.8, 4) is 0 Å². The van der Waals surface area contributed by atoms with E-state index >= 15 is 0 Å². The SMILES string of the molecule is CN(C)S(=O)(=O)Nc1ccc([C@@H](CCO)NC(=O)c2nc3cc4c(nc3s2)CC[C@H](C(C)(C)C)C4)cc1F. The molecule has 0 spiro atoms. The Hall–Kier alpha value is -2.67. The van der Waals surface area contributed by atoms with Crippen molar-refractivity contribution in [2.24, 2.45) is 11.3 Å². The Morgan fingerprint density at radius 2 is 2.00 bits per heavy atom. The Balaban J connectivity index is 1.54. The number of halogens is 1. The number of aryl methyl sites for hydroxylation is 1. The van der Waals surface area contributed by atoms with Crippen molar-refractivity contribution in [2.45, 2.75) is 52.5 Å². The van der Waals surface area contributed by atoms with Gasteiger partial charge in [0.1, 0.15) is 16.2 Å². The molecule has 0 aliphatic heterocycles. The Labute approximate surface area is 226 Å². The van der Waals surface area contributed by atoms with Gasteiger partial charge in [-0.1, -0.05) is 38.2 Å². The van der Waals surface area contributed by atoms with E-state index in [2.05, 4.69) is 35.8 Å². The first kappa shape index (κ1) is 28.3. The number of fused-ring (bicyclic) bond motifs is 2. The summed E-state index contributed by atoms with van der Waals surface area (Å²) in [5.74, 6) is -0.692. The van der Waals surface area contributed by atoms with E-state index in [0.29, 0.717) is 21.8 Å². The van der Waals surface area contributed by atoms with E-state index in [4.69, 9.17) is 4.98 Å². The van der Waals surface area contributed by atoms with Gasteiger partial charge < -0.3 is 10.4 Å². The third-order valence-corrected chi connectivity index (χ3v) is 9.41. The molecule has 2 aromatic heterocycles. The number of hydrogen-bond donors (Lipinski definition) is 3. The molecule has 1 aliphatic rings. The number of rotatable bonds is 8. The zero-order valence-corrected chi connectivity index (χ0v) is 23.8. The first-order valence-electron chi connectivity index (χ1n) is 12.5. The molecule has 9 nitrogen and oxygen atoms in total. The van der Waals surface area contributed by atoms with E-state index in [-0.39, 0.29) is 29.1 Å². The van der Waals surface area contributed by atoms with E-state index in [0.717, 1.165) is 35.3 Å². The second-order valence-electron chi connectivity index (χ2n) is 10.9. The molecular formula is C26H34FN5O4S2. The topological polar surface area (TPSA) is 125 Å². The van der Waals surface area contributed by atoms with Gasteiger partial charge in [0.25, 0.3) is 5.91 Å². The van der Waals surface area contributed by atoms with Crippen molar-refractivity contribution in [3.05, 3.63) is 51.9 Å². The number of nitrogens with zero attached hydrogens (tertiary/aromatic N) is 3. The summed E-state index contributed by atoms with van der Waals surface area (Å²) in [6.45, 7) is 6.52. The van der Waals surface area contributed by atoms with Crippen molar-refractivity contribution in [2.75, 3.05) is 25.4 Å². The van der Waals surface area contributed by atoms with Gasteiger partial charge in [0, 0.05) is 26.4 Å². The molecule has 3 N–H and O–H groups in total. The molecule has 1 aliphatic carbocycles. The molecular weight excluding hydrogens is 529 g/mol. The van der Waals surface area contributed by atoms with Crippen molar-refractivity contribution in [3.63, 3.8) is 0 Å². The summed E-state index contributed by atoms with van der Waals surface area (Å²) >= 11 is 1.20. The van der Waals surface area contributed by atoms with E-state index in [9.17, 15) is 22.7 Å². The number of anilines is 1. The molecule has 0 saturated heterocycles. The number of aliphatic hydroxyl groups is 1. The standard InChI is InChI=1S/C26H34FN5O4S2/c1-26(2,3)17-7-9-19-16(12-17)14-22-24(29-19)37-25(30-22)23(34)28-20(10-11-33)15-6-8-21(18(27)13-15)31-38(35,36)32(4)5/h6,8,13-14,17,20,31,33H,7,9-12H2,1-5H3,(H,28,34)/t17-,20+/m0/s1. The van der Waals surface area contributed by atoms with Gasteiger partial charge in [0.05, 0.1) is 11.7 Å². The number of thiazole rings is 1. The van der Waals surface area contributed by atoms with Gasteiger partial charge >= 0.3 is 10.2 Å². The Bertz CT molecular complexity index is 1450. The lowest BCUT2D eigenvalue weighted by atomic mass is 9.71. The molecule has 38 heavy (non-hydrogen) atoms. The molecule has 4 rings (SSSR count). The molecule has 0 saturated carbocycles. The highest BCUT2D eigenvalue weighted by Gasteiger charge is 2.30. The van der Waals surface area contributed by atoms with Crippen LogP contribution in [0.2, 0.25) is 0 Å². The van der Waals surface area contributed by atoms with E-state index < -0.39 is 28.0 Å². The predicted octanol–water partition coefficient (Wildman–Crippen LogP) is 4.05. The third-order valence-electron chi connectivity index (χ3n) is 7.01. The maximum absolute atomic E-state index is 14.8. The Morgan fingerprint density at radius 1 is 1.26 bits per heavy atom. The van der Waals surface area contributed by atoms with Gasteiger partial charge in [-0.3, -0.25) is 9.52 Å². The molecule has 3 aromatic rings. The normalized spacial score (nSPS) is 16.9. The van der Waals surface area contributed by atoms with Gasteiger partial charge in [-0.05, 0) is 66.3 Å². The number of aliphatic hydroxyl groups excluding tert-OH is 1. The van der Waals surface area contributed by atoms with Crippen LogP contribution in [-0.2, 0) is 23.1 Å². The lowest BCUT2D eigenvalue weighted by Gasteiger charge is -2.34. The number of carbonyl (C=O) groups excluding carboxylic acids is 1. The van der Waals surface area contributed by atoms with Gasteiger partial charge in [-0.2, -0.15) is 12.7 Å². The molecule has 12 heteroatoms. The summed E-state index contributed by atoms with van der Waals surface area (Å²) in [5, 5.41) is 12.6. The fraction of sp³-hybridized carbons (Fsp3) is 0.500. The minimum absolute atomic E-state index is 0.138. The highest BCUT2D eigenvalue weighted by atomic mass is 32.2. The number of benzene rings is 1. The quantitative estimate of drug-likeness (QED) is 0.380. The average Bonchev–Trinajstić information content (AvgIpc) is 3.25. The van der Waals surface area contributed by atoms with Crippen LogP contribution in [0.5, 0.6) is 0 Å². The molecule has 2 atom stereocenters. The second kappa shape index (κ2) is 10.8. The summed E-state index contributed by atoms with van der Waals surface area (Å²) in [6.07, 6.45) is 3.05. The maximum Gasteiger partial charge on any atom is 0.301 e. The first-order chi connectivity index (χ1) is 17.8. The van der Waals surface area contributed by atoms with Crippen LogP contribution in [0, 0.1) is 17.2 Å². The highest BCUT2D eigenvalue weighted by molar-refractivity contribution is 7.90. The number of aromatic nitrogens is 2. The zero-order chi connectivity index (χ0) is 27.8. The van der Waals surface area contributed by atoms with Crippen LogP contribution in [0.3, 0.4) is 0 Å². The zero-order valence-electron chi connectivity index (χ0n) is 22.2. The number of hydrogen-bond acceptors (Lipinski definition) is 7. The van der Waals surface area contributed by atoms with Crippen LogP contribution in [0.15, 0.2) is 24.3 Å². The van der Waals surface area contributed by atoms with Crippen LogP contribution in [0.25, 0.3) is 10.3 Å². The van der Waals surface area contributed by atoms with E-state index in [1.807, 2.05) is 6.07 Å². The number of amides is 1. The van der Waals surface area contributed by atoms with E-state index in [1.165, 1.54) is 43.1 Å². The largest absolute Gasteiger partial charge is 0.396 e. The lowest BCUT2D eigenvalue weighted by molar-refractivity contribution is 0.0929. The average molecular weight is 564 g/mol. The molecule has 2 heterocycles. The minimum atomic E-state index is -3.88. The highest BCUT2D eigenvalue weighted by Crippen LogP contribution is 2.38. The first-order valence-corrected chi connectivity index (χ1v) is 14.7.